The minimum absolute atomic E-state index is 0.0528. The van der Waals surface area contributed by atoms with Crippen molar-refractivity contribution in [3.63, 3.8) is 0 Å². The van der Waals surface area contributed by atoms with Gasteiger partial charge in [0.2, 0.25) is 0 Å². The topological polar surface area (TPSA) is 123 Å². The molecule has 10 heteroatoms. The summed E-state index contributed by atoms with van der Waals surface area (Å²) in [5, 5.41) is 18.2. The van der Waals surface area contributed by atoms with E-state index in [2.05, 4.69) is 20.2 Å². The number of carbonyl (C=O) groups is 1. The molecule has 3 aromatic rings. The lowest BCUT2D eigenvalue weighted by Gasteiger charge is -2.02. The van der Waals surface area contributed by atoms with Crippen molar-refractivity contribution in [2.45, 2.75) is 17.0 Å². The summed E-state index contributed by atoms with van der Waals surface area (Å²) in [5.74, 6) is -0.395. The van der Waals surface area contributed by atoms with Crippen molar-refractivity contribution in [1.29, 1.82) is 0 Å². The van der Waals surface area contributed by atoms with Crippen molar-refractivity contribution in [1.82, 2.24) is 15.2 Å². The smallest absolute Gasteiger partial charge is 0.338 e. The van der Waals surface area contributed by atoms with E-state index >= 15 is 0 Å². The molecule has 0 bridgehead atoms. The number of rotatable bonds is 7. The number of ether oxygens (including phenoxy) is 1. The molecule has 0 saturated heterocycles. The molecule has 1 heterocycles. The van der Waals surface area contributed by atoms with Crippen molar-refractivity contribution >= 4 is 35.3 Å². The molecule has 2 aromatic carbocycles. The molecule has 0 spiro atoms. The number of aliphatic imine (C=N–C) groups is 1. The summed E-state index contributed by atoms with van der Waals surface area (Å²) in [5.41, 5.74) is 1.56. The molecule has 1 N–H and O–H groups in total. The van der Waals surface area contributed by atoms with Gasteiger partial charge in [0.1, 0.15) is 6.33 Å². The molecule has 142 valence electrons. The second kappa shape index (κ2) is 8.91. The number of hydrogen-bond acceptors (Lipinski definition) is 8. The van der Waals surface area contributed by atoms with E-state index in [-0.39, 0.29) is 5.69 Å². The zero-order valence-corrected chi connectivity index (χ0v) is 15.5. The molecule has 0 aliphatic rings. The Labute approximate surface area is 164 Å². The number of aromatic nitrogens is 3. The SMILES string of the molecule is CCOC(=O)c1ccc(N=Cc2ccc(Sc3ncn[nH]3)c([N+](=O)[O-])c2)cc1. The van der Waals surface area contributed by atoms with Crippen molar-refractivity contribution in [2.75, 3.05) is 6.61 Å². The Morgan fingerprint density at radius 1 is 1.32 bits per heavy atom. The summed E-state index contributed by atoms with van der Waals surface area (Å²) >= 11 is 1.12. The number of aromatic amines is 1. The van der Waals surface area contributed by atoms with Crippen LogP contribution in [0.1, 0.15) is 22.8 Å². The van der Waals surface area contributed by atoms with Gasteiger partial charge in [0, 0.05) is 12.3 Å². The van der Waals surface area contributed by atoms with Crippen LogP contribution in [0.25, 0.3) is 0 Å². The Morgan fingerprint density at radius 3 is 2.75 bits per heavy atom. The first kappa shape index (κ1) is 19.2. The highest BCUT2D eigenvalue weighted by atomic mass is 32.2. The van der Waals surface area contributed by atoms with E-state index in [1.54, 1.807) is 43.3 Å². The van der Waals surface area contributed by atoms with E-state index in [1.807, 2.05) is 0 Å². The van der Waals surface area contributed by atoms with E-state index in [0.717, 1.165) is 11.8 Å². The lowest BCUT2D eigenvalue weighted by Crippen LogP contribution is -2.03. The van der Waals surface area contributed by atoms with Gasteiger partial charge in [-0.25, -0.2) is 9.78 Å². The normalized spacial score (nSPS) is 10.9. The fourth-order valence-corrected chi connectivity index (χ4v) is 3.02. The first-order valence-electron chi connectivity index (χ1n) is 8.19. The fourth-order valence-electron chi connectivity index (χ4n) is 2.24. The largest absolute Gasteiger partial charge is 0.462 e. The average Bonchev–Trinajstić information content (AvgIpc) is 3.20. The first-order chi connectivity index (χ1) is 13.6. The van der Waals surface area contributed by atoms with Crippen molar-refractivity contribution in [2.24, 2.45) is 4.99 Å². The van der Waals surface area contributed by atoms with Crippen LogP contribution in [0.4, 0.5) is 11.4 Å². The average molecular weight is 397 g/mol. The second-order valence-electron chi connectivity index (χ2n) is 5.40. The zero-order valence-electron chi connectivity index (χ0n) is 14.7. The molecule has 0 amide bonds. The fraction of sp³-hybridized carbons (Fsp3) is 0.111. The highest BCUT2D eigenvalue weighted by molar-refractivity contribution is 7.99. The van der Waals surface area contributed by atoms with Gasteiger partial charge in [0.15, 0.2) is 5.16 Å². The van der Waals surface area contributed by atoms with Crippen LogP contribution in [0.2, 0.25) is 0 Å². The number of carbonyl (C=O) groups excluding carboxylic acids is 1. The van der Waals surface area contributed by atoms with E-state index in [1.165, 1.54) is 18.6 Å². The van der Waals surface area contributed by atoms with E-state index in [0.29, 0.717) is 33.5 Å². The van der Waals surface area contributed by atoms with Gasteiger partial charge < -0.3 is 4.74 Å². The minimum Gasteiger partial charge on any atom is -0.462 e. The van der Waals surface area contributed by atoms with E-state index < -0.39 is 10.9 Å². The molecule has 0 atom stereocenters. The summed E-state index contributed by atoms with van der Waals surface area (Å²) in [6.45, 7) is 2.05. The highest BCUT2D eigenvalue weighted by Gasteiger charge is 2.16. The summed E-state index contributed by atoms with van der Waals surface area (Å²) < 4.78 is 4.93. The standard InChI is InChI=1S/C18H15N5O4S/c1-2-27-17(24)13-4-6-14(7-5-13)19-10-12-3-8-16(15(9-12)23(25)26)28-18-20-11-21-22-18/h3-11H,2H2,1H3,(H,20,21,22). The van der Waals surface area contributed by atoms with E-state index in [4.69, 9.17) is 4.74 Å². The van der Waals surface area contributed by atoms with Gasteiger partial charge in [-0.1, -0.05) is 6.07 Å². The molecule has 0 unspecified atom stereocenters. The van der Waals surface area contributed by atoms with Crippen LogP contribution in [0.15, 0.2) is 63.8 Å². The van der Waals surface area contributed by atoms with Crippen LogP contribution in [0.3, 0.4) is 0 Å². The number of benzene rings is 2. The Hall–Kier alpha value is -3.53. The predicted octanol–water partition coefficient (Wildman–Crippen LogP) is 3.79. The number of hydrogen-bond donors (Lipinski definition) is 1. The number of esters is 1. The van der Waals surface area contributed by atoms with Crippen LogP contribution >= 0.6 is 11.8 Å². The quantitative estimate of drug-likeness (QED) is 0.278. The second-order valence-corrected chi connectivity index (χ2v) is 6.43. The van der Waals surface area contributed by atoms with Gasteiger partial charge >= 0.3 is 5.97 Å². The molecule has 0 aliphatic heterocycles. The maximum Gasteiger partial charge on any atom is 0.338 e. The molecular formula is C18H15N5O4S. The third-order valence-electron chi connectivity index (χ3n) is 3.52. The van der Waals surface area contributed by atoms with Crippen LogP contribution in [-0.2, 0) is 4.74 Å². The third-order valence-corrected chi connectivity index (χ3v) is 4.48. The number of nitro groups is 1. The van der Waals surface area contributed by atoms with Crippen molar-refractivity contribution < 1.29 is 14.5 Å². The summed E-state index contributed by atoms with van der Waals surface area (Å²) in [6, 6.07) is 11.4. The molecule has 0 saturated carbocycles. The zero-order chi connectivity index (χ0) is 19.9. The van der Waals surface area contributed by atoms with Crippen molar-refractivity contribution in [3.8, 4) is 0 Å². The number of nitrogens with zero attached hydrogens (tertiary/aromatic N) is 4. The number of H-pyrrole nitrogens is 1. The van der Waals surface area contributed by atoms with Crippen LogP contribution in [0, 0.1) is 10.1 Å². The van der Waals surface area contributed by atoms with Crippen LogP contribution < -0.4 is 0 Å². The Balaban J connectivity index is 1.77. The molecular weight excluding hydrogens is 382 g/mol. The molecule has 0 aliphatic carbocycles. The number of nitro benzene ring substituents is 1. The van der Waals surface area contributed by atoms with Crippen LogP contribution in [0.5, 0.6) is 0 Å². The first-order valence-corrected chi connectivity index (χ1v) is 9.01. The summed E-state index contributed by atoms with van der Waals surface area (Å²) in [7, 11) is 0. The Morgan fingerprint density at radius 2 is 2.11 bits per heavy atom. The monoisotopic (exact) mass is 397 g/mol. The summed E-state index contributed by atoms with van der Waals surface area (Å²) in [6.07, 6.45) is 2.86. The third kappa shape index (κ3) is 4.80. The molecule has 0 radical (unpaired) electrons. The van der Waals surface area contributed by atoms with Gasteiger partial charge in [-0.3, -0.25) is 20.2 Å². The van der Waals surface area contributed by atoms with Gasteiger partial charge in [0.25, 0.3) is 5.69 Å². The van der Waals surface area contributed by atoms with Gasteiger partial charge in [-0.2, -0.15) is 5.10 Å². The van der Waals surface area contributed by atoms with Gasteiger partial charge in [-0.15, -0.1) is 0 Å². The lowest BCUT2D eigenvalue weighted by molar-refractivity contribution is -0.387. The predicted molar refractivity (Wildman–Crippen MR) is 103 cm³/mol. The lowest BCUT2D eigenvalue weighted by atomic mass is 10.2. The van der Waals surface area contributed by atoms with Gasteiger partial charge in [0.05, 0.1) is 27.7 Å². The summed E-state index contributed by atoms with van der Waals surface area (Å²) in [4.78, 5) is 31.3. The van der Waals surface area contributed by atoms with Gasteiger partial charge in [-0.05, 0) is 54.6 Å². The van der Waals surface area contributed by atoms with Crippen molar-refractivity contribution in [3.05, 3.63) is 70.0 Å². The van der Waals surface area contributed by atoms with Crippen LogP contribution in [-0.4, -0.2) is 38.9 Å². The maximum absolute atomic E-state index is 11.6. The molecule has 28 heavy (non-hydrogen) atoms. The molecule has 3 rings (SSSR count). The molecule has 1 aromatic heterocycles. The van der Waals surface area contributed by atoms with E-state index in [9.17, 15) is 14.9 Å². The molecule has 9 nitrogen and oxygen atoms in total. The Bertz CT molecular complexity index is 1000. The minimum atomic E-state index is -0.454. The molecule has 0 fully saturated rings. The number of nitrogens with one attached hydrogen (secondary N) is 1. The highest BCUT2D eigenvalue weighted by Crippen LogP contribution is 2.33. The maximum atomic E-state index is 11.6. The Kier molecular flexibility index (Phi) is 6.12.